The zero-order valence-corrected chi connectivity index (χ0v) is 9.80. The van der Waals surface area contributed by atoms with Crippen LogP contribution in [0.5, 0.6) is 0 Å². The molecule has 0 aliphatic rings. The average Bonchev–Trinajstić information content (AvgIpc) is 2.84. The molecule has 0 saturated carbocycles. The second-order valence-corrected chi connectivity index (χ2v) is 3.40. The summed E-state index contributed by atoms with van der Waals surface area (Å²) in [4.78, 5) is 11.4. The van der Waals surface area contributed by atoms with Gasteiger partial charge >= 0.3 is 5.97 Å². The van der Waals surface area contributed by atoms with E-state index in [-0.39, 0.29) is 25.6 Å². The van der Waals surface area contributed by atoms with Gasteiger partial charge in [0.15, 0.2) is 0 Å². The molecule has 1 heterocycles. The molecule has 0 saturated heterocycles. The van der Waals surface area contributed by atoms with Crippen LogP contribution in [0.1, 0.15) is 16.3 Å². The fourth-order valence-corrected chi connectivity index (χ4v) is 1.09. The van der Waals surface area contributed by atoms with Crippen molar-refractivity contribution >= 4 is 5.97 Å². The van der Waals surface area contributed by atoms with Gasteiger partial charge in [0.05, 0.1) is 12.7 Å². The molecule has 96 valence electrons. The maximum atomic E-state index is 11.4. The van der Waals surface area contributed by atoms with Crippen LogP contribution in [0, 0.1) is 11.3 Å². The summed E-state index contributed by atoms with van der Waals surface area (Å²) in [6.45, 7) is 3.81. The molecule has 6 heteroatoms. The Hall–Kier alpha value is -2.10. The van der Waals surface area contributed by atoms with Gasteiger partial charge in [0, 0.05) is 0 Å². The summed E-state index contributed by atoms with van der Waals surface area (Å²) >= 11 is 0. The summed E-state index contributed by atoms with van der Waals surface area (Å²) in [5.41, 5.74) is 5.35. The van der Waals surface area contributed by atoms with Crippen molar-refractivity contribution in [3.8, 4) is 6.07 Å². The third kappa shape index (κ3) is 4.41. The molecule has 0 bridgehead atoms. The normalized spacial score (nSPS) is 11.6. The van der Waals surface area contributed by atoms with E-state index < -0.39 is 12.0 Å². The predicted octanol–water partition coefficient (Wildman–Crippen LogP) is 0.990. The predicted molar refractivity (Wildman–Crippen MR) is 62.4 cm³/mol. The lowest BCUT2D eigenvalue weighted by Crippen LogP contribution is -2.23. The fraction of sp³-hybridized carbons (Fsp3) is 0.333. The number of hydrogen-bond donors (Lipinski definition) is 1. The maximum absolute atomic E-state index is 11.4. The maximum Gasteiger partial charge on any atom is 0.374 e. The van der Waals surface area contributed by atoms with E-state index >= 15 is 0 Å². The van der Waals surface area contributed by atoms with Crippen LogP contribution in [0.15, 0.2) is 29.2 Å². The fourth-order valence-electron chi connectivity index (χ4n) is 1.09. The van der Waals surface area contributed by atoms with Gasteiger partial charge in [-0.15, -0.1) is 0 Å². The zero-order valence-electron chi connectivity index (χ0n) is 9.80. The molecule has 2 N–H and O–H groups in total. The lowest BCUT2D eigenvalue weighted by atomic mass is 10.4. The van der Waals surface area contributed by atoms with E-state index in [1.165, 1.54) is 12.1 Å². The molecule has 0 radical (unpaired) electrons. The van der Waals surface area contributed by atoms with Gasteiger partial charge in [-0.25, -0.2) is 4.79 Å². The number of carbonyl (C=O) groups excluding carboxylic acids is 1. The van der Waals surface area contributed by atoms with Crippen LogP contribution in [-0.2, 0) is 16.1 Å². The Balaban J connectivity index is 2.41. The molecule has 1 aromatic rings. The van der Waals surface area contributed by atoms with Crippen molar-refractivity contribution in [2.75, 3.05) is 13.2 Å². The molecule has 1 atom stereocenters. The second kappa shape index (κ2) is 7.27. The van der Waals surface area contributed by atoms with Gasteiger partial charge in [0.25, 0.3) is 0 Å². The van der Waals surface area contributed by atoms with Gasteiger partial charge in [0.2, 0.25) is 5.76 Å². The summed E-state index contributed by atoms with van der Waals surface area (Å²) in [5.74, 6) is 0.000556. The quantitative estimate of drug-likeness (QED) is 0.572. The van der Waals surface area contributed by atoms with Crippen molar-refractivity contribution in [2.45, 2.75) is 12.6 Å². The number of hydrogen-bond acceptors (Lipinski definition) is 6. The minimum atomic E-state index is -0.669. The molecule has 6 nitrogen and oxygen atoms in total. The van der Waals surface area contributed by atoms with Crippen LogP contribution < -0.4 is 5.73 Å². The molecule has 1 rings (SSSR count). The van der Waals surface area contributed by atoms with Crippen molar-refractivity contribution in [1.29, 1.82) is 5.26 Å². The van der Waals surface area contributed by atoms with E-state index in [0.717, 1.165) is 0 Å². The van der Waals surface area contributed by atoms with Crippen LogP contribution in [0.25, 0.3) is 0 Å². The van der Waals surface area contributed by atoms with Crippen LogP contribution in [0.2, 0.25) is 0 Å². The smallest absolute Gasteiger partial charge is 0.374 e. The van der Waals surface area contributed by atoms with Gasteiger partial charge in [-0.05, 0) is 12.1 Å². The van der Waals surface area contributed by atoms with Crippen LogP contribution >= 0.6 is 0 Å². The molecule has 0 amide bonds. The van der Waals surface area contributed by atoms with Crippen molar-refractivity contribution in [2.24, 2.45) is 5.73 Å². The third-order valence-corrected chi connectivity index (χ3v) is 1.90. The van der Waals surface area contributed by atoms with E-state index in [9.17, 15) is 4.79 Å². The number of nitrogens with zero attached hydrogens (tertiary/aromatic N) is 1. The number of furan rings is 1. The molecule has 1 aromatic heterocycles. The molecule has 0 spiro atoms. The number of nitrogens with two attached hydrogens (primary N) is 1. The van der Waals surface area contributed by atoms with Crippen molar-refractivity contribution < 1.29 is 18.7 Å². The highest BCUT2D eigenvalue weighted by molar-refractivity contribution is 5.86. The van der Waals surface area contributed by atoms with Crippen molar-refractivity contribution in [3.63, 3.8) is 0 Å². The van der Waals surface area contributed by atoms with Crippen LogP contribution in [0.3, 0.4) is 0 Å². The van der Waals surface area contributed by atoms with Gasteiger partial charge in [-0.3, -0.25) is 0 Å². The van der Waals surface area contributed by atoms with Gasteiger partial charge in [0.1, 0.15) is 25.0 Å². The topological polar surface area (TPSA) is 98.5 Å². The van der Waals surface area contributed by atoms with E-state index in [1.54, 1.807) is 6.07 Å². The third-order valence-electron chi connectivity index (χ3n) is 1.90. The first kappa shape index (κ1) is 14.0. The lowest BCUT2D eigenvalue weighted by Gasteiger charge is -2.02. The summed E-state index contributed by atoms with van der Waals surface area (Å²) in [5, 5.41) is 8.44. The minimum absolute atomic E-state index is 0.0973. The van der Waals surface area contributed by atoms with Crippen molar-refractivity contribution in [1.82, 2.24) is 0 Å². The number of nitriles is 1. The summed E-state index contributed by atoms with van der Waals surface area (Å²) in [6.07, 6.45) is 1.47. The lowest BCUT2D eigenvalue weighted by molar-refractivity contribution is 0.0501. The summed E-state index contributed by atoms with van der Waals surface area (Å²) in [6, 6.07) is 4.26. The Bertz CT molecular complexity index is 447. The van der Waals surface area contributed by atoms with Gasteiger partial charge < -0.3 is 19.6 Å². The van der Waals surface area contributed by atoms with Crippen LogP contribution in [-0.4, -0.2) is 25.2 Å². The van der Waals surface area contributed by atoms with Crippen molar-refractivity contribution in [3.05, 3.63) is 36.3 Å². The minimum Gasteiger partial charge on any atom is -0.456 e. The number of rotatable bonds is 7. The van der Waals surface area contributed by atoms with Crippen LogP contribution in [0.4, 0.5) is 0 Å². The van der Waals surface area contributed by atoms with E-state index in [1.807, 2.05) is 6.07 Å². The number of esters is 1. The Labute approximate surface area is 105 Å². The van der Waals surface area contributed by atoms with Gasteiger partial charge in [-0.1, -0.05) is 12.7 Å². The molecule has 0 unspecified atom stereocenters. The Morgan fingerprint density at radius 2 is 2.44 bits per heavy atom. The highest BCUT2D eigenvalue weighted by Crippen LogP contribution is 2.10. The summed E-state index contributed by atoms with van der Waals surface area (Å²) < 4.78 is 15.1. The first-order chi connectivity index (χ1) is 8.67. The highest BCUT2D eigenvalue weighted by Gasteiger charge is 2.12. The summed E-state index contributed by atoms with van der Waals surface area (Å²) in [7, 11) is 0. The molecule has 0 aliphatic heterocycles. The Morgan fingerprint density at radius 1 is 1.67 bits per heavy atom. The highest BCUT2D eigenvalue weighted by atomic mass is 16.5. The van der Waals surface area contributed by atoms with E-state index in [0.29, 0.717) is 5.76 Å². The molecule has 0 aromatic carbocycles. The first-order valence-corrected chi connectivity index (χ1v) is 5.27. The average molecular weight is 250 g/mol. The Kier molecular flexibility index (Phi) is 5.64. The molecule has 18 heavy (non-hydrogen) atoms. The first-order valence-electron chi connectivity index (χ1n) is 5.27. The largest absolute Gasteiger partial charge is 0.456 e. The zero-order chi connectivity index (χ0) is 13.4. The van der Waals surface area contributed by atoms with Gasteiger partial charge in [-0.2, -0.15) is 5.26 Å². The molecule has 0 aliphatic carbocycles. The van der Waals surface area contributed by atoms with E-state index in [4.69, 9.17) is 24.9 Å². The monoisotopic (exact) mass is 250 g/mol. The molecular formula is C12H14N2O4. The second-order valence-electron chi connectivity index (χ2n) is 3.40. The SMILES string of the molecule is C=CCOC(=O)c1ccc(COC[C@H](N)C#N)o1. The molecule has 0 fully saturated rings. The molecular weight excluding hydrogens is 236 g/mol. The Morgan fingerprint density at radius 3 is 3.11 bits per heavy atom. The number of ether oxygens (including phenoxy) is 2. The van der Waals surface area contributed by atoms with E-state index in [2.05, 4.69) is 6.58 Å². The number of carbonyl (C=O) groups is 1. The standard InChI is InChI=1S/C12H14N2O4/c1-2-5-17-12(15)11-4-3-10(18-11)8-16-7-9(14)6-13/h2-4,9H,1,5,7-8,14H2/t9-/m1/s1.